The molecule has 4 heteroatoms. The first-order chi connectivity index (χ1) is 13.5. The highest BCUT2D eigenvalue weighted by molar-refractivity contribution is 5.66. The van der Waals surface area contributed by atoms with Crippen molar-refractivity contribution in [3.05, 3.63) is 0 Å². The summed E-state index contributed by atoms with van der Waals surface area (Å²) < 4.78 is 4.91. The van der Waals surface area contributed by atoms with Crippen LogP contribution in [0.25, 0.3) is 0 Å². The molecule has 0 spiro atoms. The lowest BCUT2D eigenvalue weighted by atomic mass is 10.0. The van der Waals surface area contributed by atoms with E-state index in [1.165, 1.54) is 90.4 Å². The summed E-state index contributed by atoms with van der Waals surface area (Å²) in [6.07, 6.45) is 22.3. The Morgan fingerprint density at radius 2 is 0.964 bits per heavy atom. The minimum atomic E-state index is -0.682. The molecule has 0 saturated carbocycles. The van der Waals surface area contributed by atoms with Crippen LogP contribution in [0.15, 0.2) is 0 Å². The summed E-state index contributed by atoms with van der Waals surface area (Å²) >= 11 is 0. The van der Waals surface area contributed by atoms with Crippen LogP contribution in [0.1, 0.15) is 136 Å². The van der Waals surface area contributed by atoms with Crippen LogP contribution in [0.4, 0.5) is 0 Å². The van der Waals surface area contributed by atoms with Crippen molar-refractivity contribution in [3.8, 4) is 0 Å². The second kappa shape index (κ2) is 25.9. The quantitative estimate of drug-likeness (QED) is 0.178. The van der Waals surface area contributed by atoms with E-state index in [-0.39, 0.29) is 5.97 Å². The van der Waals surface area contributed by atoms with Gasteiger partial charge in [-0.3, -0.25) is 9.59 Å². The summed E-state index contributed by atoms with van der Waals surface area (Å²) in [6, 6.07) is 0. The summed E-state index contributed by atoms with van der Waals surface area (Å²) in [6.45, 7) is 6.41. The number of hydrogen-bond donors (Lipinski definition) is 1. The maximum atomic E-state index is 10.6. The van der Waals surface area contributed by atoms with Crippen molar-refractivity contribution < 1.29 is 19.4 Å². The molecule has 0 aromatic rings. The van der Waals surface area contributed by atoms with E-state index < -0.39 is 5.97 Å². The molecule has 0 radical (unpaired) electrons. The molecule has 28 heavy (non-hydrogen) atoms. The Bertz CT molecular complexity index is 329. The van der Waals surface area contributed by atoms with Crippen molar-refractivity contribution in [2.75, 3.05) is 6.61 Å². The minimum Gasteiger partial charge on any atom is -0.481 e. The fourth-order valence-electron chi connectivity index (χ4n) is 3.04. The average molecular weight is 401 g/mol. The van der Waals surface area contributed by atoms with Crippen LogP contribution in [0.2, 0.25) is 0 Å². The number of aliphatic carboxylic acids is 1. The Kier molecular flexibility index (Phi) is 27.0. The summed E-state index contributed by atoms with van der Waals surface area (Å²) in [5, 5.41) is 8.14. The predicted molar refractivity (Wildman–Crippen MR) is 119 cm³/mol. The zero-order valence-corrected chi connectivity index (χ0v) is 19.1. The van der Waals surface area contributed by atoms with Crippen molar-refractivity contribution in [2.45, 2.75) is 136 Å². The molecule has 0 fully saturated rings. The van der Waals surface area contributed by atoms with Gasteiger partial charge in [-0.2, -0.15) is 0 Å². The Hall–Kier alpha value is -1.06. The number of carbonyl (C=O) groups is 2. The molecular weight excluding hydrogens is 352 g/mol. The predicted octanol–water partition coefficient (Wildman–Crippen LogP) is 7.68. The molecule has 0 unspecified atom stereocenters. The number of carboxylic acid groups (broad SMARTS) is 1. The fourth-order valence-corrected chi connectivity index (χ4v) is 3.04. The lowest BCUT2D eigenvalue weighted by Crippen LogP contribution is -2.00. The topological polar surface area (TPSA) is 63.6 Å². The Balaban J connectivity index is 0. The smallest absolute Gasteiger partial charge is 0.303 e. The van der Waals surface area contributed by atoms with Gasteiger partial charge in [0.1, 0.15) is 0 Å². The summed E-state index contributed by atoms with van der Waals surface area (Å²) in [4.78, 5) is 20.4. The van der Waals surface area contributed by atoms with Gasteiger partial charge in [0.25, 0.3) is 0 Å². The number of hydrogen-bond acceptors (Lipinski definition) is 3. The van der Waals surface area contributed by atoms with E-state index in [0.717, 1.165) is 25.7 Å². The molecule has 0 aliphatic carbocycles. The first kappa shape index (κ1) is 29.1. The van der Waals surface area contributed by atoms with Crippen molar-refractivity contribution in [3.63, 3.8) is 0 Å². The van der Waals surface area contributed by atoms with Gasteiger partial charge in [0.15, 0.2) is 0 Å². The maximum absolute atomic E-state index is 10.6. The molecule has 0 rings (SSSR count). The Labute approximate surface area is 174 Å². The van der Waals surface area contributed by atoms with E-state index in [4.69, 9.17) is 9.84 Å². The van der Waals surface area contributed by atoms with Crippen molar-refractivity contribution in [1.29, 1.82) is 0 Å². The number of rotatable bonds is 19. The standard InChI is InChI=1S/C18H36O2.C6H12O2/c1-3-4-5-6-7-8-9-10-11-12-13-14-15-16-17-20-18(2)19;1-2-3-4-5-6(7)8/h3-17H2,1-2H3;2-5H2,1H3,(H,7,8). The lowest BCUT2D eigenvalue weighted by Gasteiger charge is -2.03. The zero-order chi connectivity index (χ0) is 21.3. The number of unbranched alkanes of at least 4 members (excludes halogenated alkanes) is 15. The molecule has 0 bridgehead atoms. The molecule has 0 aromatic carbocycles. The van der Waals surface area contributed by atoms with Crippen LogP contribution in [-0.4, -0.2) is 23.7 Å². The first-order valence-electron chi connectivity index (χ1n) is 11.9. The van der Waals surface area contributed by atoms with Crippen LogP contribution in [0.3, 0.4) is 0 Å². The second-order valence-electron chi connectivity index (χ2n) is 7.79. The van der Waals surface area contributed by atoms with Crippen molar-refractivity contribution in [1.82, 2.24) is 0 Å². The maximum Gasteiger partial charge on any atom is 0.303 e. The third-order valence-corrected chi connectivity index (χ3v) is 4.80. The third-order valence-electron chi connectivity index (χ3n) is 4.80. The van der Waals surface area contributed by atoms with Gasteiger partial charge in [0, 0.05) is 13.3 Å². The monoisotopic (exact) mass is 400 g/mol. The highest BCUT2D eigenvalue weighted by Crippen LogP contribution is 2.12. The molecule has 168 valence electrons. The van der Waals surface area contributed by atoms with Gasteiger partial charge in [0.2, 0.25) is 0 Å². The summed E-state index contributed by atoms with van der Waals surface area (Å²) in [5.74, 6) is -0.835. The highest BCUT2D eigenvalue weighted by atomic mass is 16.5. The van der Waals surface area contributed by atoms with Crippen molar-refractivity contribution >= 4 is 11.9 Å². The fraction of sp³-hybridized carbons (Fsp3) is 0.917. The molecule has 0 heterocycles. The van der Waals surface area contributed by atoms with E-state index >= 15 is 0 Å². The van der Waals surface area contributed by atoms with Crippen LogP contribution >= 0.6 is 0 Å². The highest BCUT2D eigenvalue weighted by Gasteiger charge is 1.95. The van der Waals surface area contributed by atoms with Gasteiger partial charge in [-0.05, 0) is 12.8 Å². The minimum absolute atomic E-state index is 0.153. The molecule has 0 aliphatic heterocycles. The Morgan fingerprint density at radius 3 is 1.32 bits per heavy atom. The third kappa shape index (κ3) is 32.6. The second-order valence-corrected chi connectivity index (χ2v) is 7.79. The van der Waals surface area contributed by atoms with Gasteiger partial charge in [-0.25, -0.2) is 0 Å². The Morgan fingerprint density at radius 1 is 0.607 bits per heavy atom. The zero-order valence-electron chi connectivity index (χ0n) is 19.1. The lowest BCUT2D eigenvalue weighted by molar-refractivity contribution is -0.141. The summed E-state index contributed by atoms with van der Waals surface area (Å²) in [7, 11) is 0. The van der Waals surface area contributed by atoms with E-state index in [9.17, 15) is 9.59 Å². The van der Waals surface area contributed by atoms with Crippen LogP contribution in [0, 0.1) is 0 Å². The molecule has 0 atom stereocenters. The number of carboxylic acids is 1. The average Bonchev–Trinajstić information content (AvgIpc) is 2.65. The number of carbonyl (C=O) groups excluding carboxylic acids is 1. The van der Waals surface area contributed by atoms with Gasteiger partial charge < -0.3 is 9.84 Å². The number of esters is 1. The van der Waals surface area contributed by atoms with Crippen LogP contribution < -0.4 is 0 Å². The van der Waals surface area contributed by atoms with Crippen LogP contribution in [-0.2, 0) is 14.3 Å². The van der Waals surface area contributed by atoms with E-state index in [2.05, 4.69) is 13.8 Å². The molecule has 0 saturated heterocycles. The van der Waals surface area contributed by atoms with Crippen LogP contribution in [0.5, 0.6) is 0 Å². The molecule has 4 nitrogen and oxygen atoms in total. The van der Waals surface area contributed by atoms with E-state index in [1.54, 1.807) is 0 Å². The van der Waals surface area contributed by atoms with Gasteiger partial charge in [0.05, 0.1) is 6.61 Å². The van der Waals surface area contributed by atoms with Gasteiger partial charge in [-0.1, -0.05) is 110 Å². The SMILES string of the molecule is CCCCCC(=O)O.CCCCCCCCCCCCCCCCOC(C)=O. The van der Waals surface area contributed by atoms with Gasteiger partial charge in [-0.15, -0.1) is 0 Å². The largest absolute Gasteiger partial charge is 0.481 e. The summed E-state index contributed by atoms with van der Waals surface area (Å²) in [5.41, 5.74) is 0. The molecule has 0 aliphatic rings. The van der Waals surface area contributed by atoms with E-state index in [0.29, 0.717) is 13.0 Å². The normalized spacial score (nSPS) is 10.2. The molecular formula is C24H48O4. The first-order valence-corrected chi connectivity index (χ1v) is 11.9. The molecule has 0 aromatic heterocycles. The molecule has 0 amide bonds. The van der Waals surface area contributed by atoms with Crippen molar-refractivity contribution in [2.24, 2.45) is 0 Å². The number of ether oxygens (including phenoxy) is 1. The molecule has 1 N–H and O–H groups in total. The van der Waals surface area contributed by atoms with E-state index in [1.807, 2.05) is 0 Å². The van der Waals surface area contributed by atoms with Gasteiger partial charge >= 0.3 is 11.9 Å².